The highest BCUT2D eigenvalue weighted by molar-refractivity contribution is 5.89. The molecule has 6 nitrogen and oxygen atoms in total. The summed E-state index contributed by atoms with van der Waals surface area (Å²) >= 11 is 0. The van der Waals surface area contributed by atoms with Crippen molar-refractivity contribution in [2.24, 2.45) is 5.92 Å². The van der Waals surface area contributed by atoms with Gasteiger partial charge < -0.3 is 14.6 Å². The third-order valence-corrected chi connectivity index (χ3v) is 7.26. The summed E-state index contributed by atoms with van der Waals surface area (Å²) in [6.45, 7) is 6.26. The second-order valence-corrected chi connectivity index (χ2v) is 11.2. The molecule has 0 saturated carbocycles. The van der Waals surface area contributed by atoms with Gasteiger partial charge in [0.15, 0.2) is 11.9 Å². The van der Waals surface area contributed by atoms with Crippen LogP contribution in [-0.2, 0) is 23.9 Å². The molecule has 0 aliphatic heterocycles. The first-order chi connectivity index (χ1) is 19.4. The fraction of sp³-hybridized carbons (Fsp3) is 0.794. The number of hydrogen-bond acceptors (Lipinski definition) is 6. The van der Waals surface area contributed by atoms with Crippen molar-refractivity contribution >= 4 is 17.7 Å². The van der Waals surface area contributed by atoms with Crippen LogP contribution in [0.3, 0.4) is 0 Å². The van der Waals surface area contributed by atoms with E-state index >= 15 is 0 Å². The Kier molecular flexibility index (Phi) is 27.2. The molecule has 0 amide bonds. The zero-order chi connectivity index (χ0) is 29.7. The summed E-state index contributed by atoms with van der Waals surface area (Å²) in [5.74, 6) is 0.280. The van der Waals surface area contributed by atoms with Gasteiger partial charge in [0.25, 0.3) is 0 Å². The topological polar surface area (TPSA) is 89.9 Å². The Morgan fingerprint density at radius 3 is 1.95 bits per heavy atom. The van der Waals surface area contributed by atoms with Crippen molar-refractivity contribution in [2.75, 3.05) is 13.2 Å². The number of carbonyl (C=O) groups excluding carboxylic acids is 3. The number of rotatable bonds is 28. The van der Waals surface area contributed by atoms with E-state index in [1.54, 1.807) is 6.08 Å². The van der Waals surface area contributed by atoms with Gasteiger partial charge in [-0.05, 0) is 44.1 Å². The molecule has 0 fully saturated rings. The lowest BCUT2D eigenvalue weighted by molar-refractivity contribution is -0.161. The molecule has 40 heavy (non-hydrogen) atoms. The largest absolute Gasteiger partial charge is 0.462 e. The summed E-state index contributed by atoms with van der Waals surface area (Å²) in [6, 6.07) is 0. The quantitative estimate of drug-likeness (QED) is 0.0443. The van der Waals surface area contributed by atoms with Crippen molar-refractivity contribution < 1.29 is 29.0 Å². The van der Waals surface area contributed by atoms with E-state index in [1.165, 1.54) is 51.4 Å². The molecular formula is C34H60O6. The molecular weight excluding hydrogens is 504 g/mol. The minimum Gasteiger partial charge on any atom is -0.462 e. The first-order valence-corrected chi connectivity index (χ1v) is 16.2. The van der Waals surface area contributed by atoms with Crippen LogP contribution in [-0.4, -0.2) is 42.1 Å². The van der Waals surface area contributed by atoms with Crippen LogP contribution in [0, 0.1) is 5.92 Å². The third-order valence-electron chi connectivity index (χ3n) is 7.26. The predicted octanol–water partition coefficient (Wildman–Crippen LogP) is 8.59. The Hall–Kier alpha value is -1.95. The number of aliphatic hydroxyl groups excluding tert-OH is 1. The maximum absolute atomic E-state index is 12.1. The molecule has 0 rings (SSSR count). The Balaban J connectivity index is 3.73. The van der Waals surface area contributed by atoms with E-state index in [9.17, 15) is 19.5 Å². The van der Waals surface area contributed by atoms with Crippen molar-refractivity contribution in [1.29, 1.82) is 0 Å². The smallest absolute Gasteiger partial charge is 0.306 e. The minimum absolute atomic E-state index is 0.103. The average molecular weight is 565 g/mol. The molecule has 0 bridgehead atoms. The molecule has 0 aromatic rings. The molecule has 1 N–H and O–H groups in total. The maximum atomic E-state index is 12.1. The number of aliphatic hydroxyl groups is 1. The molecule has 0 aliphatic rings. The lowest BCUT2D eigenvalue weighted by Gasteiger charge is -2.15. The van der Waals surface area contributed by atoms with Crippen molar-refractivity contribution in [3.63, 3.8) is 0 Å². The fourth-order valence-corrected chi connectivity index (χ4v) is 4.33. The molecule has 0 heterocycles. The van der Waals surface area contributed by atoms with Gasteiger partial charge in [-0.2, -0.15) is 0 Å². The Morgan fingerprint density at radius 2 is 1.32 bits per heavy atom. The van der Waals surface area contributed by atoms with Gasteiger partial charge in [0.05, 0.1) is 6.61 Å². The van der Waals surface area contributed by atoms with Gasteiger partial charge in [0.1, 0.15) is 6.61 Å². The van der Waals surface area contributed by atoms with E-state index in [0.29, 0.717) is 19.3 Å². The normalized spacial score (nSPS) is 13.1. The number of allylic oxidation sites excluding steroid dienone is 4. The van der Waals surface area contributed by atoms with Crippen LogP contribution in [0.5, 0.6) is 0 Å². The van der Waals surface area contributed by atoms with E-state index < -0.39 is 6.10 Å². The van der Waals surface area contributed by atoms with E-state index in [1.807, 2.05) is 12.2 Å². The van der Waals surface area contributed by atoms with E-state index in [-0.39, 0.29) is 37.4 Å². The number of ketones is 1. The van der Waals surface area contributed by atoms with E-state index in [0.717, 1.165) is 57.3 Å². The first-order valence-electron chi connectivity index (χ1n) is 16.2. The van der Waals surface area contributed by atoms with Gasteiger partial charge in [-0.25, -0.2) is 0 Å². The predicted molar refractivity (Wildman–Crippen MR) is 164 cm³/mol. The second kappa shape index (κ2) is 28.6. The SMILES string of the molecule is CCCCC/C=C\C=C\C(=O)CCCCCCCC(=O)O[C@@H](CO)COC(=O)CCCCCCCCC(C)CC. The van der Waals surface area contributed by atoms with Crippen molar-refractivity contribution in [3.05, 3.63) is 24.3 Å². The Morgan fingerprint density at radius 1 is 0.725 bits per heavy atom. The van der Waals surface area contributed by atoms with Gasteiger partial charge in [-0.1, -0.05) is 116 Å². The lowest BCUT2D eigenvalue weighted by Crippen LogP contribution is -2.28. The van der Waals surface area contributed by atoms with Gasteiger partial charge in [-0.3, -0.25) is 14.4 Å². The standard InChI is InChI=1S/C34H60O6/c1-4-6-7-8-9-14-19-24-31(36)25-20-15-12-17-22-27-34(38)40-32(28-35)29-39-33(37)26-21-16-11-10-13-18-23-30(3)5-2/h9,14,19,24,30,32,35H,4-8,10-13,15-18,20-23,25-29H2,1-3H3/b14-9-,24-19+/t30?,32-/m0/s1. The highest BCUT2D eigenvalue weighted by Crippen LogP contribution is 2.15. The van der Waals surface area contributed by atoms with Gasteiger partial charge in [0, 0.05) is 19.3 Å². The summed E-state index contributed by atoms with van der Waals surface area (Å²) in [6.07, 6.45) is 26.3. The lowest BCUT2D eigenvalue weighted by atomic mass is 10.00. The number of unbranched alkanes of at least 4 members (excludes halogenated alkanes) is 12. The number of hydrogen-bond donors (Lipinski definition) is 1. The maximum Gasteiger partial charge on any atom is 0.306 e. The van der Waals surface area contributed by atoms with Crippen LogP contribution in [0.1, 0.15) is 149 Å². The van der Waals surface area contributed by atoms with Crippen LogP contribution in [0.2, 0.25) is 0 Å². The monoisotopic (exact) mass is 564 g/mol. The molecule has 232 valence electrons. The summed E-state index contributed by atoms with van der Waals surface area (Å²) in [5.41, 5.74) is 0. The number of esters is 2. The van der Waals surface area contributed by atoms with E-state index in [4.69, 9.17) is 9.47 Å². The van der Waals surface area contributed by atoms with Crippen LogP contribution >= 0.6 is 0 Å². The minimum atomic E-state index is -0.813. The molecule has 0 radical (unpaired) electrons. The summed E-state index contributed by atoms with van der Waals surface area (Å²) in [4.78, 5) is 35.9. The van der Waals surface area contributed by atoms with Gasteiger partial charge in [0.2, 0.25) is 0 Å². The van der Waals surface area contributed by atoms with Crippen molar-refractivity contribution in [2.45, 2.75) is 155 Å². The van der Waals surface area contributed by atoms with Crippen LogP contribution < -0.4 is 0 Å². The zero-order valence-corrected chi connectivity index (χ0v) is 26.0. The van der Waals surface area contributed by atoms with Gasteiger partial charge >= 0.3 is 11.9 Å². The van der Waals surface area contributed by atoms with Crippen molar-refractivity contribution in [1.82, 2.24) is 0 Å². The number of ether oxygens (including phenoxy) is 2. The summed E-state index contributed by atoms with van der Waals surface area (Å²) in [5, 5.41) is 9.48. The van der Waals surface area contributed by atoms with E-state index in [2.05, 4.69) is 26.8 Å². The fourth-order valence-electron chi connectivity index (χ4n) is 4.33. The molecule has 2 atom stereocenters. The second-order valence-electron chi connectivity index (χ2n) is 11.2. The highest BCUT2D eigenvalue weighted by atomic mass is 16.6. The molecule has 0 saturated heterocycles. The zero-order valence-electron chi connectivity index (χ0n) is 26.0. The average Bonchev–Trinajstić information content (AvgIpc) is 2.95. The third kappa shape index (κ3) is 26.3. The molecule has 0 aromatic carbocycles. The first kappa shape index (κ1) is 38.0. The van der Waals surface area contributed by atoms with Crippen LogP contribution in [0.4, 0.5) is 0 Å². The molecule has 0 aromatic heterocycles. The summed E-state index contributed by atoms with van der Waals surface area (Å²) in [7, 11) is 0. The molecule has 1 unspecified atom stereocenters. The number of carbonyl (C=O) groups is 3. The highest BCUT2D eigenvalue weighted by Gasteiger charge is 2.16. The summed E-state index contributed by atoms with van der Waals surface area (Å²) < 4.78 is 10.5. The molecule has 0 aliphatic carbocycles. The van der Waals surface area contributed by atoms with Crippen molar-refractivity contribution in [3.8, 4) is 0 Å². The van der Waals surface area contributed by atoms with Gasteiger partial charge in [-0.15, -0.1) is 0 Å². The van der Waals surface area contributed by atoms with Crippen LogP contribution in [0.15, 0.2) is 24.3 Å². The molecule has 6 heteroatoms. The van der Waals surface area contributed by atoms with Crippen LogP contribution in [0.25, 0.3) is 0 Å². The Bertz CT molecular complexity index is 684. The molecule has 0 spiro atoms. The Labute approximate surface area is 245 Å².